The van der Waals surface area contributed by atoms with Gasteiger partial charge < -0.3 is 15.2 Å². The Balaban J connectivity index is 3.06. The third-order valence-corrected chi connectivity index (χ3v) is 2.12. The molecule has 0 aliphatic rings. The summed E-state index contributed by atoms with van der Waals surface area (Å²) in [6.45, 7) is 1.45. The van der Waals surface area contributed by atoms with Crippen LogP contribution in [0, 0.1) is 10.1 Å². The Hall–Kier alpha value is -2.64. The Morgan fingerprint density at radius 1 is 1.47 bits per heavy atom. The van der Waals surface area contributed by atoms with E-state index in [1.807, 2.05) is 0 Å². The number of nitrogens with one attached hydrogen (secondary N) is 1. The van der Waals surface area contributed by atoms with Crippen molar-refractivity contribution in [2.45, 2.75) is 6.92 Å². The minimum absolute atomic E-state index is 0.239. The second-order valence-electron chi connectivity index (χ2n) is 3.45. The summed E-state index contributed by atoms with van der Waals surface area (Å²) in [5.41, 5.74) is -0.649. The summed E-state index contributed by atoms with van der Waals surface area (Å²) in [6, 6.07) is 3.72. The number of hydrogen-bond donors (Lipinski definition) is 2. The Labute approximate surface area is 108 Å². The van der Waals surface area contributed by atoms with E-state index in [0.29, 0.717) is 12.4 Å². The molecule has 0 saturated heterocycles. The van der Waals surface area contributed by atoms with Crippen molar-refractivity contribution in [2.24, 2.45) is 0 Å². The molecule has 0 aromatic heterocycles. The number of carbonyl (C=O) groups is 2. The summed E-state index contributed by atoms with van der Waals surface area (Å²) in [6.07, 6.45) is 0. The minimum Gasteiger partial charge on any atom is -0.494 e. The molecule has 8 heteroatoms. The second kappa shape index (κ2) is 6.34. The fourth-order valence-corrected chi connectivity index (χ4v) is 1.36. The molecule has 0 radical (unpaired) electrons. The highest BCUT2D eigenvalue weighted by atomic mass is 16.6. The molecule has 0 aliphatic heterocycles. The summed E-state index contributed by atoms with van der Waals surface area (Å²) in [5, 5.41) is 21.3. The number of hydrogen-bond acceptors (Lipinski definition) is 5. The van der Waals surface area contributed by atoms with Gasteiger partial charge in [0, 0.05) is 6.07 Å². The average molecular weight is 268 g/mol. The lowest BCUT2D eigenvalue weighted by Crippen LogP contribution is -2.29. The normalized spacial score (nSPS) is 9.74. The van der Waals surface area contributed by atoms with Crippen LogP contribution in [0.25, 0.3) is 0 Å². The second-order valence-corrected chi connectivity index (χ2v) is 3.45. The molecule has 19 heavy (non-hydrogen) atoms. The first kappa shape index (κ1) is 14.4. The Bertz CT molecular complexity index is 514. The van der Waals surface area contributed by atoms with Crippen LogP contribution < -0.4 is 10.1 Å². The monoisotopic (exact) mass is 268 g/mol. The summed E-state index contributed by atoms with van der Waals surface area (Å²) >= 11 is 0. The van der Waals surface area contributed by atoms with Gasteiger partial charge in [0.05, 0.1) is 11.5 Å². The van der Waals surface area contributed by atoms with Crippen LogP contribution in [0.5, 0.6) is 5.75 Å². The van der Waals surface area contributed by atoms with Crippen molar-refractivity contribution in [1.82, 2.24) is 5.32 Å². The lowest BCUT2D eigenvalue weighted by molar-refractivity contribution is -0.385. The van der Waals surface area contributed by atoms with Gasteiger partial charge in [0.2, 0.25) is 0 Å². The van der Waals surface area contributed by atoms with E-state index in [1.165, 1.54) is 12.1 Å². The number of amides is 1. The molecule has 0 saturated carbocycles. The average Bonchev–Trinajstić information content (AvgIpc) is 2.36. The first-order valence-corrected chi connectivity index (χ1v) is 5.37. The molecule has 2 N–H and O–H groups in total. The van der Waals surface area contributed by atoms with Crippen LogP contribution in [0.1, 0.15) is 17.3 Å². The number of carbonyl (C=O) groups excluding carboxylic acids is 1. The zero-order valence-corrected chi connectivity index (χ0v) is 10.1. The number of benzene rings is 1. The van der Waals surface area contributed by atoms with Crippen LogP contribution in [0.4, 0.5) is 5.69 Å². The molecular formula is C11H12N2O6. The van der Waals surface area contributed by atoms with Crippen LogP contribution in [0.15, 0.2) is 18.2 Å². The van der Waals surface area contributed by atoms with Gasteiger partial charge >= 0.3 is 5.97 Å². The minimum atomic E-state index is -1.24. The SMILES string of the molecule is CCOc1ccc([N+](=O)[O-])c(C(=O)NCC(=O)O)c1. The molecule has 1 amide bonds. The summed E-state index contributed by atoms with van der Waals surface area (Å²) < 4.78 is 5.14. The van der Waals surface area contributed by atoms with Gasteiger partial charge in [-0.05, 0) is 19.1 Å². The van der Waals surface area contributed by atoms with Crippen molar-refractivity contribution >= 4 is 17.6 Å². The maximum Gasteiger partial charge on any atom is 0.322 e. The zero-order valence-electron chi connectivity index (χ0n) is 10.1. The van der Waals surface area contributed by atoms with E-state index in [2.05, 4.69) is 5.32 Å². The summed E-state index contributed by atoms with van der Waals surface area (Å²) in [5.74, 6) is -1.78. The lowest BCUT2D eigenvalue weighted by Gasteiger charge is -2.07. The van der Waals surface area contributed by atoms with Gasteiger partial charge in [-0.2, -0.15) is 0 Å². The van der Waals surface area contributed by atoms with E-state index in [-0.39, 0.29) is 5.56 Å². The fraction of sp³-hybridized carbons (Fsp3) is 0.273. The van der Waals surface area contributed by atoms with Gasteiger partial charge in [-0.3, -0.25) is 19.7 Å². The molecule has 0 fully saturated rings. The van der Waals surface area contributed by atoms with Gasteiger partial charge in [0.25, 0.3) is 11.6 Å². The fourth-order valence-electron chi connectivity index (χ4n) is 1.36. The Kier molecular flexibility index (Phi) is 4.81. The van der Waals surface area contributed by atoms with Crippen LogP contribution in [0.2, 0.25) is 0 Å². The lowest BCUT2D eigenvalue weighted by atomic mass is 10.1. The number of nitro groups is 1. The molecular weight excluding hydrogens is 256 g/mol. The number of nitro benzene ring substituents is 1. The third-order valence-electron chi connectivity index (χ3n) is 2.12. The van der Waals surface area contributed by atoms with Crippen molar-refractivity contribution in [2.75, 3.05) is 13.2 Å². The Morgan fingerprint density at radius 3 is 2.68 bits per heavy atom. The molecule has 8 nitrogen and oxygen atoms in total. The van der Waals surface area contributed by atoms with Crippen LogP contribution >= 0.6 is 0 Å². The van der Waals surface area contributed by atoms with E-state index in [9.17, 15) is 19.7 Å². The first-order valence-electron chi connectivity index (χ1n) is 5.37. The largest absolute Gasteiger partial charge is 0.494 e. The van der Waals surface area contributed by atoms with Gasteiger partial charge in [0.1, 0.15) is 17.9 Å². The van der Waals surface area contributed by atoms with E-state index in [0.717, 1.165) is 6.07 Å². The summed E-state index contributed by atoms with van der Waals surface area (Å²) in [7, 11) is 0. The zero-order chi connectivity index (χ0) is 14.4. The molecule has 0 spiro atoms. The van der Waals surface area contributed by atoms with Crippen molar-refractivity contribution in [3.8, 4) is 5.75 Å². The van der Waals surface area contributed by atoms with Crippen molar-refractivity contribution in [1.29, 1.82) is 0 Å². The van der Waals surface area contributed by atoms with E-state index >= 15 is 0 Å². The number of carboxylic acid groups (broad SMARTS) is 1. The highest BCUT2D eigenvalue weighted by Gasteiger charge is 2.21. The maximum atomic E-state index is 11.7. The molecule has 0 bridgehead atoms. The molecule has 1 aromatic rings. The smallest absolute Gasteiger partial charge is 0.322 e. The number of ether oxygens (including phenoxy) is 1. The number of nitrogens with zero attached hydrogens (tertiary/aromatic N) is 1. The van der Waals surface area contributed by atoms with Crippen molar-refractivity contribution in [3.05, 3.63) is 33.9 Å². The van der Waals surface area contributed by atoms with E-state index < -0.39 is 29.0 Å². The molecule has 0 unspecified atom stereocenters. The van der Waals surface area contributed by atoms with E-state index in [4.69, 9.17) is 9.84 Å². The molecule has 1 aromatic carbocycles. The molecule has 0 aliphatic carbocycles. The molecule has 1 rings (SSSR count). The van der Waals surface area contributed by atoms with Crippen LogP contribution in [-0.4, -0.2) is 35.1 Å². The number of carboxylic acids is 1. The van der Waals surface area contributed by atoms with E-state index in [1.54, 1.807) is 6.92 Å². The number of aliphatic carboxylic acids is 1. The standard InChI is InChI=1S/C11H12N2O6/c1-2-19-7-3-4-9(13(17)18)8(5-7)11(16)12-6-10(14)15/h3-5H,2,6H2,1H3,(H,12,16)(H,14,15). The highest BCUT2D eigenvalue weighted by molar-refractivity contribution is 5.99. The maximum absolute atomic E-state index is 11.7. The highest BCUT2D eigenvalue weighted by Crippen LogP contribution is 2.24. The topological polar surface area (TPSA) is 119 Å². The van der Waals surface area contributed by atoms with Gasteiger partial charge in [-0.15, -0.1) is 0 Å². The third kappa shape index (κ3) is 3.95. The van der Waals surface area contributed by atoms with Crippen molar-refractivity contribution in [3.63, 3.8) is 0 Å². The predicted octanol–water partition coefficient (Wildman–Crippen LogP) is 0.808. The molecule has 0 heterocycles. The van der Waals surface area contributed by atoms with Crippen LogP contribution in [0.3, 0.4) is 0 Å². The predicted molar refractivity (Wildman–Crippen MR) is 64.2 cm³/mol. The van der Waals surface area contributed by atoms with Gasteiger partial charge in [-0.25, -0.2) is 0 Å². The summed E-state index contributed by atoms with van der Waals surface area (Å²) in [4.78, 5) is 32.1. The first-order chi connectivity index (χ1) is 8.95. The van der Waals surface area contributed by atoms with Crippen molar-refractivity contribution < 1.29 is 24.4 Å². The number of rotatable bonds is 6. The molecule has 102 valence electrons. The van der Waals surface area contributed by atoms with Gasteiger partial charge in [-0.1, -0.05) is 0 Å². The quantitative estimate of drug-likeness (QED) is 0.582. The molecule has 0 atom stereocenters. The Morgan fingerprint density at radius 2 is 2.16 bits per heavy atom. The van der Waals surface area contributed by atoms with Crippen LogP contribution in [-0.2, 0) is 4.79 Å². The van der Waals surface area contributed by atoms with Gasteiger partial charge in [0.15, 0.2) is 0 Å².